The zero-order chi connectivity index (χ0) is 24.1. The van der Waals surface area contributed by atoms with Crippen LogP contribution in [0.15, 0.2) is 52.5 Å². The number of nitrogens with zero attached hydrogens (tertiary/aromatic N) is 2. The molecule has 0 aromatic heterocycles. The molecule has 1 N–H and O–H groups in total. The monoisotopic (exact) mass is 485 g/mol. The van der Waals surface area contributed by atoms with Crippen molar-refractivity contribution in [2.75, 3.05) is 26.7 Å². The number of oxime groups is 1. The maximum atomic E-state index is 15.0. The molecule has 7 nitrogen and oxygen atoms in total. The molecule has 1 saturated heterocycles. The Labute approximate surface area is 198 Å². The van der Waals surface area contributed by atoms with Crippen LogP contribution in [0.25, 0.3) is 11.1 Å². The second kappa shape index (κ2) is 8.46. The number of hydrogen-bond acceptors (Lipinski definition) is 6. The molecule has 2 aromatic rings. The van der Waals surface area contributed by atoms with Crippen LogP contribution < -0.4 is 5.32 Å². The Hall–Kier alpha value is -2.78. The van der Waals surface area contributed by atoms with Crippen molar-refractivity contribution in [3.63, 3.8) is 0 Å². The number of amides is 1. The van der Waals surface area contributed by atoms with E-state index >= 15 is 0 Å². The molecule has 0 unspecified atom stereocenters. The summed E-state index contributed by atoms with van der Waals surface area (Å²) in [5.41, 5.74) is 2.24. The molecule has 9 heteroatoms. The molecule has 1 atom stereocenters. The third-order valence-electron chi connectivity index (χ3n) is 6.82. The highest BCUT2D eigenvalue weighted by Gasteiger charge is 2.48. The first kappa shape index (κ1) is 23.0. The van der Waals surface area contributed by atoms with Gasteiger partial charge in [0.25, 0.3) is 0 Å². The summed E-state index contributed by atoms with van der Waals surface area (Å²) in [4.78, 5) is 19.4. The maximum Gasteiger partial charge on any atom is 0.223 e. The first-order valence-corrected chi connectivity index (χ1v) is 13.0. The Balaban J connectivity index is 1.25. The van der Waals surface area contributed by atoms with Crippen LogP contribution in [0.2, 0.25) is 0 Å². The van der Waals surface area contributed by atoms with Gasteiger partial charge in [-0.15, -0.1) is 0 Å². The largest absolute Gasteiger partial charge is 0.390 e. The van der Waals surface area contributed by atoms with Gasteiger partial charge in [0.2, 0.25) is 5.91 Å². The third-order valence-corrected chi connectivity index (χ3v) is 9.27. The lowest BCUT2D eigenvalue weighted by Gasteiger charge is -2.45. The van der Waals surface area contributed by atoms with Crippen LogP contribution in [0, 0.1) is 11.7 Å². The van der Waals surface area contributed by atoms with Crippen molar-refractivity contribution in [1.82, 2.24) is 10.2 Å². The van der Waals surface area contributed by atoms with Gasteiger partial charge in [-0.25, -0.2) is 12.8 Å². The van der Waals surface area contributed by atoms with E-state index in [1.165, 1.54) is 6.07 Å². The molecule has 3 aliphatic rings. The van der Waals surface area contributed by atoms with Crippen molar-refractivity contribution >= 4 is 21.5 Å². The lowest BCUT2D eigenvalue weighted by atomic mass is 9.99. The zero-order valence-corrected chi connectivity index (χ0v) is 20.1. The summed E-state index contributed by atoms with van der Waals surface area (Å²) in [6.45, 7) is 3.13. The van der Waals surface area contributed by atoms with E-state index in [9.17, 15) is 17.6 Å². The SMILES string of the molecule is CN1CC(C)(S(=O)(=O)c2ccc(-c3ccc(C4=NO[C@@H](CNC(=O)C5CC5)C4)cc3F)cc2)C1. The third kappa shape index (κ3) is 4.22. The molecule has 2 aliphatic heterocycles. The van der Waals surface area contributed by atoms with Crippen LogP contribution in [0.4, 0.5) is 4.39 Å². The Morgan fingerprint density at radius 2 is 1.85 bits per heavy atom. The summed E-state index contributed by atoms with van der Waals surface area (Å²) in [5, 5.41) is 6.96. The van der Waals surface area contributed by atoms with Crippen LogP contribution in [0.1, 0.15) is 31.7 Å². The normalized spacial score (nSPS) is 22.0. The predicted molar refractivity (Wildman–Crippen MR) is 127 cm³/mol. The van der Waals surface area contributed by atoms with Gasteiger partial charge in [-0.1, -0.05) is 29.4 Å². The van der Waals surface area contributed by atoms with E-state index in [0.29, 0.717) is 48.5 Å². The standard InChI is InChI=1S/C25H28FN3O4S/c1-25(14-29(2)15-25)34(31,32)20-8-5-16(6-9-20)21-10-7-18(11-22(21)26)23-12-19(33-28-23)13-27-24(30)17-3-4-17/h5-11,17,19H,3-4,12-15H2,1-2H3,(H,27,30)/t19-/m1/s1. The van der Waals surface area contributed by atoms with E-state index in [1.54, 1.807) is 43.3 Å². The number of nitrogens with one attached hydrogen (secondary N) is 1. The van der Waals surface area contributed by atoms with E-state index in [2.05, 4.69) is 10.5 Å². The van der Waals surface area contributed by atoms with E-state index in [-0.39, 0.29) is 22.8 Å². The van der Waals surface area contributed by atoms with E-state index in [1.807, 2.05) is 11.9 Å². The van der Waals surface area contributed by atoms with Crippen LogP contribution in [0.5, 0.6) is 0 Å². The van der Waals surface area contributed by atoms with Gasteiger partial charge < -0.3 is 15.1 Å². The number of carbonyl (C=O) groups is 1. The number of carbonyl (C=O) groups excluding carboxylic acids is 1. The van der Waals surface area contributed by atoms with Crippen molar-refractivity contribution in [3.05, 3.63) is 53.8 Å². The quantitative estimate of drug-likeness (QED) is 0.652. The Morgan fingerprint density at radius 1 is 1.18 bits per heavy atom. The van der Waals surface area contributed by atoms with Gasteiger partial charge in [-0.2, -0.15) is 0 Å². The van der Waals surface area contributed by atoms with Gasteiger partial charge in [0, 0.05) is 36.6 Å². The fourth-order valence-electron chi connectivity index (χ4n) is 4.71. The van der Waals surface area contributed by atoms with Crippen molar-refractivity contribution in [2.24, 2.45) is 11.1 Å². The molecule has 1 amide bonds. The highest BCUT2D eigenvalue weighted by atomic mass is 32.2. The molecule has 180 valence electrons. The van der Waals surface area contributed by atoms with Gasteiger partial charge in [0.1, 0.15) is 11.9 Å². The second-order valence-corrected chi connectivity index (χ2v) is 12.3. The molecule has 0 bridgehead atoms. The molecule has 0 radical (unpaired) electrons. The highest BCUT2D eigenvalue weighted by Crippen LogP contribution is 2.34. The fourth-order valence-corrected chi connectivity index (χ4v) is 6.55. The van der Waals surface area contributed by atoms with Gasteiger partial charge in [0.15, 0.2) is 9.84 Å². The summed E-state index contributed by atoms with van der Waals surface area (Å²) >= 11 is 0. The Morgan fingerprint density at radius 3 is 2.47 bits per heavy atom. The first-order chi connectivity index (χ1) is 16.2. The minimum absolute atomic E-state index is 0.0559. The van der Waals surface area contributed by atoms with Gasteiger partial charge in [-0.05, 0) is 50.6 Å². The van der Waals surface area contributed by atoms with Gasteiger partial charge in [0.05, 0.1) is 21.9 Å². The maximum absolute atomic E-state index is 15.0. The van der Waals surface area contributed by atoms with Gasteiger partial charge >= 0.3 is 0 Å². The van der Waals surface area contributed by atoms with E-state index < -0.39 is 20.4 Å². The number of sulfone groups is 1. The van der Waals surface area contributed by atoms with E-state index in [0.717, 1.165) is 12.8 Å². The second-order valence-electron chi connectivity index (χ2n) is 9.83. The minimum Gasteiger partial charge on any atom is -0.390 e. The van der Waals surface area contributed by atoms with Crippen LogP contribution >= 0.6 is 0 Å². The summed E-state index contributed by atoms with van der Waals surface area (Å²) in [7, 11) is -1.58. The summed E-state index contributed by atoms with van der Waals surface area (Å²) in [5.74, 6) is -0.227. The molecule has 1 saturated carbocycles. The van der Waals surface area contributed by atoms with Crippen molar-refractivity contribution in [2.45, 2.75) is 41.9 Å². The smallest absolute Gasteiger partial charge is 0.223 e. The fraction of sp³-hybridized carbons (Fsp3) is 0.440. The topological polar surface area (TPSA) is 88.1 Å². The molecule has 2 aromatic carbocycles. The lowest BCUT2D eigenvalue weighted by molar-refractivity contribution is -0.122. The highest BCUT2D eigenvalue weighted by molar-refractivity contribution is 7.93. The molecular weight excluding hydrogens is 457 g/mol. The first-order valence-electron chi connectivity index (χ1n) is 11.5. The minimum atomic E-state index is -3.47. The van der Waals surface area contributed by atoms with Crippen LogP contribution in [-0.4, -0.2) is 62.5 Å². The number of halogens is 1. The number of likely N-dealkylation sites (tertiary alicyclic amines) is 1. The number of rotatable bonds is 7. The lowest BCUT2D eigenvalue weighted by Crippen LogP contribution is -2.62. The summed E-state index contributed by atoms with van der Waals surface area (Å²) in [6.07, 6.45) is 2.12. The molecule has 34 heavy (non-hydrogen) atoms. The average Bonchev–Trinajstić information content (AvgIpc) is 3.54. The number of hydrogen-bond donors (Lipinski definition) is 1. The molecule has 2 heterocycles. The van der Waals surface area contributed by atoms with Crippen molar-refractivity contribution in [3.8, 4) is 11.1 Å². The van der Waals surface area contributed by atoms with Crippen molar-refractivity contribution < 1.29 is 22.4 Å². The Kier molecular flexibility index (Phi) is 5.72. The summed E-state index contributed by atoms with van der Waals surface area (Å²) in [6, 6.07) is 11.3. The van der Waals surface area contributed by atoms with Gasteiger partial charge in [-0.3, -0.25) is 4.79 Å². The predicted octanol–water partition coefficient (Wildman–Crippen LogP) is 2.99. The average molecular weight is 486 g/mol. The molecule has 0 spiro atoms. The number of benzene rings is 2. The van der Waals surface area contributed by atoms with E-state index in [4.69, 9.17) is 4.84 Å². The molecule has 1 aliphatic carbocycles. The van der Waals surface area contributed by atoms with Crippen LogP contribution in [0.3, 0.4) is 0 Å². The Bertz CT molecular complexity index is 1250. The molecule has 2 fully saturated rings. The summed E-state index contributed by atoms with van der Waals surface area (Å²) < 4.78 is 40.2. The molecular formula is C25H28FN3O4S. The van der Waals surface area contributed by atoms with Crippen molar-refractivity contribution in [1.29, 1.82) is 0 Å². The molecule has 5 rings (SSSR count). The van der Waals surface area contributed by atoms with Crippen LogP contribution in [-0.2, 0) is 19.5 Å². The zero-order valence-electron chi connectivity index (χ0n) is 19.3.